The van der Waals surface area contributed by atoms with Crippen LogP contribution in [0.15, 0.2) is 6.33 Å². The number of aromatic nitrogens is 2. The zero-order chi connectivity index (χ0) is 13.2. The van der Waals surface area contributed by atoms with Gasteiger partial charge in [0.25, 0.3) is 0 Å². The van der Waals surface area contributed by atoms with E-state index in [-0.39, 0.29) is 28.1 Å². The van der Waals surface area contributed by atoms with Gasteiger partial charge in [-0.25, -0.2) is 9.97 Å². The van der Waals surface area contributed by atoms with E-state index in [2.05, 4.69) is 15.3 Å². The Kier molecular flexibility index (Phi) is 3.87. The number of nitro groups is 1. The molecular formula is C10H15ClN4O2. The van der Waals surface area contributed by atoms with Gasteiger partial charge in [-0.3, -0.25) is 10.1 Å². The molecule has 0 radical (unpaired) electrons. The molecule has 6 nitrogen and oxygen atoms in total. The van der Waals surface area contributed by atoms with Crippen LogP contribution in [0.2, 0.25) is 5.15 Å². The molecule has 1 atom stereocenters. The van der Waals surface area contributed by atoms with E-state index in [1.54, 1.807) is 0 Å². The molecular weight excluding hydrogens is 244 g/mol. The van der Waals surface area contributed by atoms with E-state index in [1.807, 2.05) is 27.7 Å². The van der Waals surface area contributed by atoms with Gasteiger partial charge < -0.3 is 5.32 Å². The Morgan fingerprint density at radius 2 is 2.06 bits per heavy atom. The van der Waals surface area contributed by atoms with Crippen LogP contribution in [0.5, 0.6) is 0 Å². The molecule has 0 aliphatic rings. The number of nitrogens with one attached hydrogen (secondary N) is 1. The highest BCUT2D eigenvalue weighted by Gasteiger charge is 2.26. The molecule has 0 amide bonds. The standard InChI is InChI=1S/C10H15ClN4O2/c1-6(10(2,3)4)14-9-7(15(16)17)8(11)12-5-13-9/h5-6H,1-4H3,(H,12,13,14). The van der Waals surface area contributed by atoms with Gasteiger partial charge in [0.1, 0.15) is 6.33 Å². The van der Waals surface area contributed by atoms with E-state index in [0.29, 0.717) is 0 Å². The summed E-state index contributed by atoms with van der Waals surface area (Å²) in [5.74, 6) is 0.150. The van der Waals surface area contributed by atoms with Gasteiger partial charge in [0.2, 0.25) is 11.0 Å². The third-order valence-corrected chi connectivity index (χ3v) is 2.89. The molecule has 7 heteroatoms. The summed E-state index contributed by atoms with van der Waals surface area (Å²) in [4.78, 5) is 17.8. The Morgan fingerprint density at radius 3 is 2.53 bits per heavy atom. The summed E-state index contributed by atoms with van der Waals surface area (Å²) in [7, 11) is 0. The van der Waals surface area contributed by atoms with Crippen LogP contribution in [0.25, 0.3) is 0 Å². The number of nitrogens with zero attached hydrogens (tertiary/aromatic N) is 3. The predicted octanol–water partition coefficient (Wildman–Crippen LogP) is 2.88. The lowest BCUT2D eigenvalue weighted by Crippen LogP contribution is -2.31. The lowest BCUT2D eigenvalue weighted by Gasteiger charge is -2.28. The number of hydrogen-bond donors (Lipinski definition) is 1. The molecule has 1 aromatic heterocycles. The normalized spacial score (nSPS) is 13.2. The molecule has 0 saturated heterocycles. The maximum atomic E-state index is 10.9. The summed E-state index contributed by atoms with van der Waals surface area (Å²) in [6.07, 6.45) is 1.20. The Morgan fingerprint density at radius 1 is 1.47 bits per heavy atom. The van der Waals surface area contributed by atoms with E-state index in [9.17, 15) is 10.1 Å². The lowest BCUT2D eigenvalue weighted by atomic mass is 9.88. The molecule has 0 aliphatic carbocycles. The minimum atomic E-state index is -0.583. The summed E-state index contributed by atoms with van der Waals surface area (Å²) in [5, 5.41) is 13.7. The van der Waals surface area contributed by atoms with Crippen molar-refractivity contribution in [2.45, 2.75) is 33.7 Å². The zero-order valence-electron chi connectivity index (χ0n) is 10.2. The fourth-order valence-corrected chi connectivity index (χ4v) is 1.25. The van der Waals surface area contributed by atoms with Gasteiger partial charge in [-0.05, 0) is 12.3 Å². The first-order valence-electron chi connectivity index (χ1n) is 5.15. The first kappa shape index (κ1) is 13.6. The molecule has 1 aromatic rings. The molecule has 0 saturated carbocycles. The second-order valence-corrected chi connectivity index (χ2v) is 5.21. The van der Waals surface area contributed by atoms with Gasteiger partial charge in [0.05, 0.1) is 4.92 Å². The van der Waals surface area contributed by atoms with Crippen molar-refractivity contribution in [3.63, 3.8) is 0 Å². The molecule has 1 rings (SSSR count). The van der Waals surface area contributed by atoms with E-state index in [0.717, 1.165) is 0 Å². The Balaban J connectivity index is 3.07. The largest absolute Gasteiger partial charge is 0.361 e. The van der Waals surface area contributed by atoms with Crippen molar-refractivity contribution in [1.29, 1.82) is 0 Å². The summed E-state index contributed by atoms with van der Waals surface area (Å²) in [6, 6.07) is 0.00664. The van der Waals surface area contributed by atoms with Crippen LogP contribution in [0.1, 0.15) is 27.7 Å². The van der Waals surface area contributed by atoms with E-state index < -0.39 is 4.92 Å². The molecule has 0 aliphatic heterocycles. The second-order valence-electron chi connectivity index (χ2n) is 4.85. The molecule has 0 aromatic carbocycles. The van der Waals surface area contributed by atoms with Crippen molar-refractivity contribution in [2.75, 3.05) is 5.32 Å². The number of anilines is 1. The van der Waals surface area contributed by atoms with Gasteiger partial charge in [-0.1, -0.05) is 32.4 Å². The fourth-order valence-electron chi connectivity index (χ4n) is 1.05. The Bertz CT molecular complexity index is 431. The first-order valence-corrected chi connectivity index (χ1v) is 5.52. The lowest BCUT2D eigenvalue weighted by molar-refractivity contribution is -0.384. The van der Waals surface area contributed by atoms with Crippen LogP contribution in [0, 0.1) is 15.5 Å². The third-order valence-electron chi connectivity index (χ3n) is 2.61. The topological polar surface area (TPSA) is 81.0 Å². The van der Waals surface area contributed by atoms with Gasteiger partial charge >= 0.3 is 5.69 Å². The van der Waals surface area contributed by atoms with E-state index in [4.69, 9.17) is 11.6 Å². The van der Waals surface area contributed by atoms with E-state index in [1.165, 1.54) is 6.33 Å². The predicted molar refractivity (Wildman–Crippen MR) is 66.2 cm³/mol. The fraction of sp³-hybridized carbons (Fsp3) is 0.600. The smallest absolute Gasteiger partial charge is 0.348 e. The van der Waals surface area contributed by atoms with Gasteiger partial charge in [0, 0.05) is 6.04 Å². The van der Waals surface area contributed by atoms with Gasteiger partial charge in [-0.2, -0.15) is 0 Å². The molecule has 17 heavy (non-hydrogen) atoms. The maximum absolute atomic E-state index is 10.9. The minimum absolute atomic E-state index is 0.00664. The quantitative estimate of drug-likeness (QED) is 0.512. The number of halogens is 1. The molecule has 1 unspecified atom stereocenters. The van der Waals surface area contributed by atoms with Crippen molar-refractivity contribution in [2.24, 2.45) is 5.41 Å². The molecule has 0 fully saturated rings. The van der Waals surface area contributed by atoms with Crippen LogP contribution in [-0.2, 0) is 0 Å². The van der Waals surface area contributed by atoms with Crippen LogP contribution in [0.3, 0.4) is 0 Å². The van der Waals surface area contributed by atoms with Crippen molar-refractivity contribution in [3.05, 3.63) is 21.6 Å². The SMILES string of the molecule is CC(Nc1ncnc(Cl)c1[N+](=O)[O-])C(C)(C)C. The highest BCUT2D eigenvalue weighted by Crippen LogP contribution is 2.31. The summed E-state index contributed by atoms with van der Waals surface area (Å²) in [6.45, 7) is 8.01. The summed E-state index contributed by atoms with van der Waals surface area (Å²) in [5.41, 5.74) is -0.337. The Labute approximate surface area is 105 Å². The third kappa shape index (κ3) is 3.26. The van der Waals surface area contributed by atoms with Gasteiger partial charge in [-0.15, -0.1) is 0 Å². The molecule has 1 N–H and O–H groups in total. The molecule has 1 heterocycles. The van der Waals surface area contributed by atoms with Gasteiger partial charge in [0.15, 0.2) is 0 Å². The molecule has 0 spiro atoms. The Hall–Kier alpha value is -1.43. The van der Waals surface area contributed by atoms with Crippen LogP contribution >= 0.6 is 11.6 Å². The van der Waals surface area contributed by atoms with Crippen molar-refractivity contribution in [3.8, 4) is 0 Å². The number of hydrogen-bond acceptors (Lipinski definition) is 5. The molecule has 94 valence electrons. The summed E-state index contributed by atoms with van der Waals surface area (Å²) >= 11 is 5.69. The number of rotatable bonds is 3. The van der Waals surface area contributed by atoms with Crippen molar-refractivity contribution in [1.82, 2.24) is 9.97 Å². The summed E-state index contributed by atoms with van der Waals surface area (Å²) < 4.78 is 0. The average Bonchev–Trinajstić information content (AvgIpc) is 2.15. The van der Waals surface area contributed by atoms with Crippen molar-refractivity contribution >= 4 is 23.1 Å². The van der Waals surface area contributed by atoms with Crippen molar-refractivity contribution < 1.29 is 4.92 Å². The zero-order valence-corrected chi connectivity index (χ0v) is 10.9. The van der Waals surface area contributed by atoms with Crippen LogP contribution < -0.4 is 5.32 Å². The second kappa shape index (κ2) is 4.83. The van der Waals surface area contributed by atoms with Crippen LogP contribution in [-0.4, -0.2) is 20.9 Å². The van der Waals surface area contributed by atoms with Crippen LogP contribution in [0.4, 0.5) is 11.5 Å². The molecule has 0 bridgehead atoms. The highest BCUT2D eigenvalue weighted by molar-refractivity contribution is 6.31. The monoisotopic (exact) mass is 258 g/mol. The maximum Gasteiger partial charge on any atom is 0.348 e. The van der Waals surface area contributed by atoms with E-state index >= 15 is 0 Å². The highest BCUT2D eigenvalue weighted by atomic mass is 35.5. The minimum Gasteiger partial charge on any atom is -0.361 e. The average molecular weight is 259 g/mol. The first-order chi connectivity index (χ1) is 7.73.